The van der Waals surface area contributed by atoms with Crippen molar-refractivity contribution < 1.29 is 32.7 Å². The number of benzene rings is 2. The lowest BCUT2D eigenvalue weighted by atomic mass is 10.0. The number of amides is 2. The lowest BCUT2D eigenvalue weighted by molar-refractivity contribution is -0.145. The molecule has 0 aliphatic heterocycles. The zero-order chi connectivity index (χ0) is 25.5. The Morgan fingerprint density at radius 2 is 1.77 bits per heavy atom. The predicted molar refractivity (Wildman–Crippen MR) is 124 cm³/mol. The van der Waals surface area contributed by atoms with Crippen LogP contribution in [0, 0.1) is 5.82 Å². The monoisotopic (exact) mass is 484 g/mol. The van der Waals surface area contributed by atoms with Gasteiger partial charge in [0.25, 0.3) is 0 Å². The van der Waals surface area contributed by atoms with Gasteiger partial charge in [0.15, 0.2) is 0 Å². The van der Waals surface area contributed by atoms with Gasteiger partial charge in [0, 0.05) is 37.3 Å². The van der Waals surface area contributed by atoms with Crippen LogP contribution in [0.3, 0.4) is 0 Å². The molecule has 0 saturated heterocycles. The van der Waals surface area contributed by atoms with Crippen molar-refractivity contribution in [2.75, 3.05) is 14.2 Å². The number of hydrogen-bond donors (Lipinski definition) is 2. The molecule has 0 saturated carbocycles. The van der Waals surface area contributed by atoms with E-state index in [0.29, 0.717) is 22.3 Å². The van der Waals surface area contributed by atoms with Crippen LogP contribution >= 0.6 is 0 Å². The maximum Gasteiger partial charge on any atom is 0.336 e. The van der Waals surface area contributed by atoms with E-state index in [4.69, 9.17) is 13.9 Å². The molecule has 35 heavy (non-hydrogen) atoms. The highest BCUT2D eigenvalue weighted by Gasteiger charge is 2.28. The number of fused-ring (bicyclic) bond motifs is 1. The third kappa shape index (κ3) is 6.66. The Hall–Kier alpha value is -4.21. The van der Waals surface area contributed by atoms with E-state index < -0.39 is 41.3 Å². The molecule has 184 valence electrons. The van der Waals surface area contributed by atoms with E-state index in [9.17, 15) is 23.6 Å². The zero-order valence-corrected chi connectivity index (χ0v) is 19.4. The molecule has 0 aliphatic carbocycles. The molecule has 10 heteroatoms. The third-order valence-electron chi connectivity index (χ3n) is 5.29. The van der Waals surface area contributed by atoms with Gasteiger partial charge in [-0.25, -0.2) is 14.0 Å². The van der Waals surface area contributed by atoms with Gasteiger partial charge in [0.05, 0.1) is 14.2 Å². The molecule has 1 aromatic heterocycles. The number of carbonyl (C=O) groups is 3. The number of hydrogen-bond acceptors (Lipinski definition) is 7. The number of rotatable bonds is 9. The average molecular weight is 484 g/mol. The number of carbonyl (C=O) groups excluding carboxylic acids is 3. The molecule has 9 nitrogen and oxygen atoms in total. The van der Waals surface area contributed by atoms with Gasteiger partial charge in [-0.1, -0.05) is 12.1 Å². The van der Waals surface area contributed by atoms with Gasteiger partial charge in [-0.3, -0.25) is 9.59 Å². The summed E-state index contributed by atoms with van der Waals surface area (Å²) in [6.45, 7) is 1.24. The van der Waals surface area contributed by atoms with Crippen molar-refractivity contribution in [1.29, 1.82) is 0 Å². The molecular weight excluding hydrogens is 459 g/mol. The largest absolute Gasteiger partial charge is 0.497 e. The van der Waals surface area contributed by atoms with Gasteiger partial charge in [-0.15, -0.1) is 0 Å². The highest BCUT2D eigenvalue weighted by Crippen LogP contribution is 2.23. The summed E-state index contributed by atoms with van der Waals surface area (Å²) in [7, 11) is 2.64. The van der Waals surface area contributed by atoms with Crippen LogP contribution in [0.15, 0.2) is 57.7 Å². The van der Waals surface area contributed by atoms with Crippen LogP contribution in [0.1, 0.15) is 18.1 Å². The van der Waals surface area contributed by atoms with Crippen LogP contribution in [-0.4, -0.2) is 44.1 Å². The Kier molecular flexibility index (Phi) is 8.19. The van der Waals surface area contributed by atoms with Gasteiger partial charge >= 0.3 is 11.6 Å². The van der Waals surface area contributed by atoms with Gasteiger partial charge in [0.1, 0.15) is 29.2 Å². The highest BCUT2D eigenvalue weighted by atomic mass is 19.1. The lowest BCUT2D eigenvalue weighted by Crippen LogP contribution is -2.53. The first-order valence-corrected chi connectivity index (χ1v) is 10.7. The van der Waals surface area contributed by atoms with E-state index in [1.54, 1.807) is 18.2 Å². The van der Waals surface area contributed by atoms with Crippen LogP contribution in [0.5, 0.6) is 5.75 Å². The standard InChI is InChI=1S/C25H25FN2O7/c1-14(29)27-20(10-15-5-4-6-17(26)9-15)24(31)28-21(25(32)34-3)11-16-12-23(30)35-22-13-18(33-2)7-8-19(16)22/h4-9,12-13,20-21H,10-11H2,1-3H3,(H,27,29)(H,28,31)/t20-,21-/m0/s1. The van der Waals surface area contributed by atoms with Crippen LogP contribution in [-0.2, 0) is 32.0 Å². The lowest BCUT2D eigenvalue weighted by Gasteiger charge is -2.22. The van der Waals surface area contributed by atoms with E-state index in [0.717, 1.165) is 0 Å². The molecule has 0 radical (unpaired) electrons. The van der Waals surface area contributed by atoms with E-state index in [-0.39, 0.29) is 18.4 Å². The molecule has 2 amide bonds. The van der Waals surface area contributed by atoms with Crippen LogP contribution in [0.25, 0.3) is 11.0 Å². The molecule has 1 heterocycles. The van der Waals surface area contributed by atoms with Crippen LogP contribution in [0.4, 0.5) is 4.39 Å². The van der Waals surface area contributed by atoms with Crippen LogP contribution < -0.4 is 21.0 Å². The number of halogens is 1. The van der Waals surface area contributed by atoms with Gasteiger partial charge in [-0.05, 0) is 35.4 Å². The quantitative estimate of drug-likeness (QED) is 0.351. The summed E-state index contributed by atoms with van der Waals surface area (Å²) in [5.74, 6) is -1.90. The minimum absolute atomic E-state index is 0.00524. The smallest absolute Gasteiger partial charge is 0.336 e. The highest BCUT2D eigenvalue weighted by molar-refractivity contribution is 5.91. The van der Waals surface area contributed by atoms with Crippen LogP contribution in [0.2, 0.25) is 0 Å². The SMILES string of the molecule is COC(=O)[C@H](Cc1cc(=O)oc2cc(OC)ccc12)NC(=O)[C@H](Cc1cccc(F)c1)NC(C)=O. The number of methoxy groups -OCH3 is 2. The topological polar surface area (TPSA) is 124 Å². The fourth-order valence-corrected chi connectivity index (χ4v) is 3.69. The van der Waals surface area contributed by atoms with Crippen molar-refractivity contribution in [1.82, 2.24) is 10.6 Å². The molecule has 2 aromatic carbocycles. The summed E-state index contributed by atoms with van der Waals surface area (Å²) >= 11 is 0. The van der Waals surface area contributed by atoms with Gasteiger partial charge in [0.2, 0.25) is 11.8 Å². The Labute approximate surface area is 200 Å². The summed E-state index contributed by atoms with van der Waals surface area (Å²) in [6, 6.07) is 9.48. The summed E-state index contributed by atoms with van der Waals surface area (Å²) < 4.78 is 28.8. The molecule has 0 bridgehead atoms. The average Bonchev–Trinajstić information content (AvgIpc) is 2.81. The molecule has 0 spiro atoms. The maximum atomic E-state index is 13.6. The minimum Gasteiger partial charge on any atom is -0.497 e. The van der Waals surface area contributed by atoms with E-state index in [1.165, 1.54) is 51.5 Å². The molecule has 2 N–H and O–H groups in total. The first-order chi connectivity index (χ1) is 16.7. The van der Waals surface area contributed by atoms with Gasteiger partial charge < -0.3 is 24.5 Å². The fourth-order valence-electron chi connectivity index (χ4n) is 3.69. The normalized spacial score (nSPS) is 12.5. The predicted octanol–water partition coefficient (Wildman–Crippen LogP) is 1.89. The van der Waals surface area contributed by atoms with Crippen molar-refractivity contribution in [3.63, 3.8) is 0 Å². The van der Waals surface area contributed by atoms with E-state index in [1.807, 2.05) is 0 Å². The molecule has 3 rings (SSSR count). The molecule has 0 fully saturated rings. The van der Waals surface area contributed by atoms with Crippen molar-refractivity contribution in [3.05, 3.63) is 75.9 Å². The fraction of sp³-hybridized carbons (Fsp3) is 0.280. The second-order valence-corrected chi connectivity index (χ2v) is 7.83. The number of nitrogens with one attached hydrogen (secondary N) is 2. The molecular formula is C25H25FN2O7. The summed E-state index contributed by atoms with van der Waals surface area (Å²) in [5.41, 5.74) is 0.534. The second-order valence-electron chi connectivity index (χ2n) is 7.83. The first-order valence-electron chi connectivity index (χ1n) is 10.7. The maximum absolute atomic E-state index is 13.6. The van der Waals surface area contributed by atoms with Crippen molar-refractivity contribution in [2.45, 2.75) is 31.8 Å². The van der Waals surface area contributed by atoms with Crippen molar-refractivity contribution >= 4 is 28.8 Å². The second kappa shape index (κ2) is 11.3. The van der Waals surface area contributed by atoms with Crippen molar-refractivity contribution in [2.24, 2.45) is 0 Å². The van der Waals surface area contributed by atoms with Gasteiger partial charge in [-0.2, -0.15) is 0 Å². The summed E-state index contributed by atoms with van der Waals surface area (Å²) in [5, 5.41) is 5.65. The zero-order valence-electron chi connectivity index (χ0n) is 19.4. The molecule has 0 aliphatic rings. The van der Waals surface area contributed by atoms with E-state index in [2.05, 4.69) is 10.6 Å². The number of esters is 1. The first kappa shape index (κ1) is 25.4. The number of ether oxygens (including phenoxy) is 2. The Bertz CT molecular complexity index is 1300. The Morgan fingerprint density at radius 1 is 1.00 bits per heavy atom. The Morgan fingerprint density at radius 3 is 2.43 bits per heavy atom. The molecule has 0 unspecified atom stereocenters. The molecule has 2 atom stereocenters. The Balaban J connectivity index is 1.89. The van der Waals surface area contributed by atoms with E-state index >= 15 is 0 Å². The summed E-state index contributed by atoms with van der Waals surface area (Å²) in [6.07, 6.45) is -0.0890. The van der Waals surface area contributed by atoms with Crippen molar-refractivity contribution in [3.8, 4) is 5.75 Å². The molecule has 3 aromatic rings. The minimum atomic E-state index is -1.18. The third-order valence-corrected chi connectivity index (χ3v) is 5.29. The summed E-state index contributed by atoms with van der Waals surface area (Å²) in [4.78, 5) is 49.4.